The summed E-state index contributed by atoms with van der Waals surface area (Å²) in [6.07, 6.45) is -0.666. The fraction of sp³-hybridized carbons (Fsp3) is 0.368. The van der Waals surface area contributed by atoms with Gasteiger partial charge in [0, 0.05) is 12.1 Å². The van der Waals surface area contributed by atoms with Crippen molar-refractivity contribution < 1.29 is 19.0 Å². The van der Waals surface area contributed by atoms with Gasteiger partial charge in [0.25, 0.3) is 0 Å². The maximum Gasteiger partial charge on any atom is 0.165 e. The summed E-state index contributed by atoms with van der Waals surface area (Å²) in [5.74, 6) is 0.572. The van der Waals surface area contributed by atoms with Crippen LogP contribution in [0.5, 0.6) is 11.5 Å². The molecule has 0 spiro atoms. The Morgan fingerprint density at radius 1 is 0.958 bits per heavy atom. The molecular formula is C19H24FNO3. The standard InChI is InChI=1S/C19H24FNO3/c1-12(15-7-10-17(20)18(11-15)24-4)21-13(2)19(22)14-5-8-16(23-3)9-6-14/h5-13,19,21-22H,1-4H3. The predicted molar refractivity (Wildman–Crippen MR) is 91.9 cm³/mol. The molecule has 0 aliphatic carbocycles. The molecule has 2 aromatic rings. The molecule has 3 atom stereocenters. The Hall–Kier alpha value is -2.11. The van der Waals surface area contributed by atoms with E-state index >= 15 is 0 Å². The van der Waals surface area contributed by atoms with Crippen molar-refractivity contribution in [1.82, 2.24) is 5.32 Å². The van der Waals surface area contributed by atoms with E-state index in [9.17, 15) is 9.50 Å². The average Bonchev–Trinajstić information content (AvgIpc) is 2.61. The van der Waals surface area contributed by atoms with Crippen molar-refractivity contribution in [2.45, 2.75) is 32.0 Å². The van der Waals surface area contributed by atoms with Crippen LogP contribution in [0.4, 0.5) is 4.39 Å². The molecule has 24 heavy (non-hydrogen) atoms. The van der Waals surface area contributed by atoms with Crippen LogP contribution in [0.2, 0.25) is 0 Å². The van der Waals surface area contributed by atoms with Gasteiger partial charge < -0.3 is 19.9 Å². The largest absolute Gasteiger partial charge is 0.497 e. The van der Waals surface area contributed by atoms with Gasteiger partial charge in [0.1, 0.15) is 5.75 Å². The topological polar surface area (TPSA) is 50.7 Å². The van der Waals surface area contributed by atoms with Crippen LogP contribution in [0, 0.1) is 5.82 Å². The van der Waals surface area contributed by atoms with Crippen LogP contribution in [-0.4, -0.2) is 25.4 Å². The third-order valence-electron chi connectivity index (χ3n) is 4.12. The van der Waals surface area contributed by atoms with Crippen molar-refractivity contribution in [1.29, 1.82) is 0 Å². The van der Waals surface area contributed by atoms with Crippen molar-refractivity contribution in [3.63, 3.8) is 0 Å². The zero-order chi connectivity index (χ0) is 17.7. The molecule has 5 heteroatoms. The van der Waals surface area contributed by atoms with Crippen LogP contribution < -0.4 is 14.8 Å². The molecule has 0 radical (unpaired) electrons. The highest BCUT2D eigenvalue weighted by Gasteiger charge is 2.19. The number of hydrogen-bond donors (Lipinski definition) is 2. The number of ether oxygens (including phenoxy) is 2. The molecule has 3 unspecified atom stereocenters. The quantitative estimate of drug-likeness (QED) is 0.813. The molecule has 0 bridgehead atoms. The second kappa shape index (κ2) is 8.13. The van der Waals surface area contributed by atoms with E-state index in [1.807, 2.05) is 38.1 Å². The molecule has 2 N–H and O–H groups in total. The maximum atomic E-state index is 13.5. The highest BCUT2D eigenvalue weighted by Crippen LogP contribution is 2.25. The van der Waals surface area contributed by atoms with E-state index in [1.165, 1.54) is 13.2 Å². The summed E-state index contributed by atoms with van der Waals surface area (Å²) < 4.78 is 23.7. The highest BCUT2D eigenvalue weighted by atomic mass is 19.1. The number of aliphatic hydroxyl groups excluding tert-OH is 1. The van der Waals surface area contributed by atoms with Crippen LogP contribution in [0.3, 0.4) is 0 Å². The van der Waals surface area contributed by atoms with Crippen molar-refractivity contribution in [2.24, 2.45) is 0 Å². The molecule has 2 rings (SSSR count). The summed E-state index contributed by atoms with van der Waals surface area (Å²) in [6.45, 7) is 3.87. The third-order valence-corrected chi connectivity index (χ3v) is 4.12. The molecule has 0 saturated heterocycles. The fourth-order valence-corrected chi connectivity index (χ4v) is 2.62. The van der Waals surface area contributed by atoms with E-state index in [0.29, 0.717) is 0 Å². The molecule has 0 aliphatic rings. The molecule has 0 aromatic heterocycles. The summed E-state index contributed by atoms with van der Waals surface area (Å²) in [6, 6.07) is 11.8. The summed E-state index contributed by atoms with van der Waals surface area (Å²) in [7, 11) is 3.05. The zero-order valence-corrected chi connectivity index (χ0v) is 14.4. The number of aliphatic hydroxyl groups is 1. The molecular weight excluding hydrogens is 309 g/mol. The Balaban J connectivity index is 2.05. The third kappa shape index (κ3) is 4.24. The minimum absolute atomic E-state index is 0.0672. The van der Waals surface area contributed by atoms with Gasteiger partial charge in [-0.25, -0.2) is 4.39 Å². The first-order valence-electron chi connectivity index (χ1n) is 7.87. The van der Waals surface area contributed by atoms with Crippen LogP contribution in [0.15, 0.2) is 42.5 Å². The molecule has 130 valence electrons. The van der Waals surface area contributed by atoms with E-state index in [2.05, 4.69) is 5.32 Å². The monoisotopic (exact) mass is 333 g/mol. The number of nitrogens with one attached hydrogen (secondary N) is 1. The van der Waals surface area contributed by atoms with Gasteiger partial charge >= 0.3 is 0 Å². The van der Waals surface area contributed by atoms with Crippen molar-refractivity contribution in [2.75, 3.05) is 14.2 Å². The van der Waals surface area contributed by atoms with Crippen LogP contribution >= 0.6 is 0 Å². The maximum absolute atomic E-state index is 13.5. The van der Waals surface area contributed by atoms with Crippen LogP contribution in [0.1, 0.15) is 37.1 Å². The Morgan fingerprint density at radius 3 is 2.17 bits per heavy atom. The van der Waals surface area contributed by atoms with E-state index in [1.54, 1.807) is 19.2 Å². The lowest BCUT2D eigenvalue weighted by Gasteiger charge is -2.25. The summed E-state index contributed by atoms with van der Waals surface area (Å²) in [5.41, 5.74) is 1.70. The van der Waals surface area contributed by atoms with Crippen LogP contribution in [0.25, 0.3) is 0 Å². The summed E-state index contributed by atoms with van der Waals surface area (Å²) in [4.78, 5) is 0. The van der Waals surface area contributed by atoms with Gasteiger partial charge in [0.05, 0.1) is 20.3 Å². The lowest BCUT2D eigenvalue weighted by atomic mass is 10.0. The molecule has 0 amide bonds. The molecule has 0 aliphatic heterocycles. The number of rotatable bonds is 7. The smallest absolute Gasteiger partial charge is 0.165 e. The molecule has 4 nitrogen and oxygen atoms in total. The lowest BCUT2D eigenvalue weighted by Crippen LogP contribution is -2.34. The summed E-state index contributed by atoms with van der Waals surface area (Å²) >= 11 is 0. The lowest BCUT2D eigenvalue weighted by molar-refractivity contribution is 0.130. The molecule has 0 heterocycles. The number of methoxy groups -OCH3 is 2. The zero-order valence-electron chi connectivity index (χ0n) is 14.4. The second-order valence-corrected chi connectivity index (χ2v) is 5.79. The Morgan fingerprint density at radius 2 is 1.58 bits per heavy atom. The fourth-order valence-electron chi connectivity index (χ4n) is 2.62. The van der Waals surface area contributed by atoms with Gasteiger partial charge in [0.2, 0.25) is 0 Å². The molecule has 2 aromatic carbocycles. The number of halogens is 1. The van der Waals surface area contributed by atoms with Gasteiger partial charge in [-0.05, 0) is 49.2 Å². The van der Waals surface area contributed by atoms with E-state index < -0.39 is 6.10 Å². The second-order valence-electron chi connectivity index (χ2n) is 5.79. The average molecular weight is 333 g/mol. The van der Waals surface area contributed by atoms with Crippen LogP contribution in [-0.2, 0) is 0 Å². The first-order valence-corrected chi connectivity index (χ1v) is 7.87. The highest BCUT2D eigenvalue weighted by molar-refractivity contribution is 5.32. The van der Waals surface area contributed by atoms with E-state index in [-0.39, 0.29) is 23.7 Å². The van der Waals surface area contributed by atoms with E-state index in [0.717, 1.165) is 16.9 Å². The summed E-state index contributed by atoms with van der Waals surface area (Å²) in [5, 5.41) is 13.8. The molecule has 0 saturated carbocycles. The van der Waals surface area contributed by atoms with E-state index in [4.69, 9.17) is 9.47 Å². The van der Waals surface area contributed by atoms with Crippen molar-refractivity contribution >= 4 is 0 Å². The minimum Gasteiger partial charge on any atom is -0.497 e. The van der Waals surface area contributed by atoms with Gasteiger partial charge in [-0.3, -0.25) is 0 Å². The minimum atomic E-state index is -0.666. The van der Waals surface area contributed by atoms with Gasteiger partial charge in [-0.2, -0.15) is 0 Å². The predicted octanol–water partition coefficient (Wildman–Crippen LogP) is 3.62. The normalized spacial score (nSPS) is 14.8. The first-order chi connectivity index (χ1) is 11.5. The SMILES string of the molecule is COc1ccc(C(O)C(C)NC(C)c2ccc(F)c(OC)c2)cc1. The van der Waals surface area contributed by atoms with Gasteiger partial charge in [-0.1, -0.05) is 18.2 Å². The van der Waals surface area contributed by atoms with Crippen molar-refractivity contribution in [3.05, 3.63) is 59.4 Å². The Bertz CT molecular complexity index is 660. The van der Waals surface area contributed by atoms with Crippen molar-refractivity contribution in [3.8, 4) is 11.5 Å². The Labute approximate surface area is 142 Å². The van der Waals surface area contributed by atoms with Gasteiger partial charge in [0.15, 0.2) is 11.6 Å². The number of hydrogen-bond acceptors (Lipinski definition) is 4. The van der Waals surface area contributed by atoms with Gasteiger partial charge in [-0.15, -0.1) is 0 Å². The molecule has 0 fully saturated rings. The number of benzene rings is 2. The Kier molecular flexibility index (Phi) is 6.17. The first kappa shape index (κ1) is 18.2.